The largest absolute Gasteiger partial charge is 0.505 e. The highest BCUT2D eigenvalue weighted by Gasteiger charge is 2.53. The van der Waals surface area contributed by atoms with Crippen molar-refractivity contribution in [2.24, 2.45) is 0 Å². The number of rotatable bonds is 4. The van der Waals surface area contributed by atoms with E-state index in [0.29, 0.717) is 0 Å². The summed E-state index contributed by atoms with van der Waals surface area (Å²) in [6.45, 7) is 0. The highest BCUT2D eigenvalue weighted by Crippen LogP contribution is 2.45. The van der Waals surface area contributed by atoms with Gasteiger partial charge in [0.2, 0.25) is 10.0 Å². The summed E-state index contributed by atoms with van der Waals surface area (Å²) in [4.78, 5) is -0.529. The number of benzene rings is 1. The summed E-state index contributed by atoms with van der Waals surface area (Å²) in [7, 11) is -4.27. The number of para-hydroxylation sites is 1. The summed E-state index contributed by atoms with van der Waals surface area (Å²) in [6.07, 6.45) is -5.49. The van der Waals surface area contributed by atoms with Gasteiger partial charge < -0.3 is 5.11 Å². The molecule has 20 heavy (non-hydrogen) atoms. The molecule has 0 radical (unpaired) electrons. The number of phenols is 1. The molecule has 0 spiro atoms. The fourth-order valence-electron chi connectivity index (χ4n) is 1.90. The van der Waals surface area contributed by atoms with Crippen LogP contribution in [0.25, 0.3) is 0 Å². The Kier molecular flexibility index (Phi) is 3.68. The molecule has 4 nitrogen and oxygen atoms in total. The molecule has 2 N–H and O–H groups in total. The first-order valence-electron chi connectivity index (χ1n) is 5.63. The van der Waals surface area contributed by atoms with Gasteiger partial charge >= 0.3 is 6.18 Å². The first-order valence-corrected chi connectivity index (χ1v) is 7.49. The van der Waals surface area contributed by atoms with Crippen LogP contribution >= 0.6 is 11.6 Å². The summed E-state index contributed by atoms with van der Waals surface area (Å²) >= 11 is 5.59. The number of phenolic OH excluding ortho intramolecular Hbond substituents is 1. The summed E-state index contributed by atoms with van der Waals surface area (Å²) in [5.74, 6) is -0.676. The van der Waals surface area contributed by atoms with Crippen LogP contribution in [0.3, 0.4) is 0 Å². The van der Waals surface area contributed by atoms with Gasteiger partial charge in [-0.25, -0.2) is 13.1 Å². The van der Waals surface area contributed by atoms with E-state index in [4.69, 9.17) is 11.6 Å². The van der Waals surface area contributed by atoms with Crippen LogP contribution in [0.15, 0.2) is 23.1 Å². The monoisotopic (exact) mass is 329 g/mol. The number of nitrogens with one attached hydrogen (secondary N) is 1. The predicted molar refractivity (Wildman–Crippen MR) is 66.1 cm³/mol. The smallest absolute Gasteiger partial charge is 0.390 e. The van der Waals surface area contributed by atoms with Crippen molar-refractivity contribution in [1.82, 2.24) is 4.72 Å². The van der Waals surface area contributed by atoms with Gasteiger partial charge in [-0.15, -0.1) is 0 Å². The molecule has 1 aromatic carbocycles. The van der Waals surface area contributed by atoms with Gasteiger partial charge in [-0.3, -0.25) is 0 Å². The standard InChI is InChI=1S/C11H11ClF3NO3S/c12-7-2-1-3-8(9(7)17)20(18,19)16-10(4-5-10)6-11(13,14)15/h1-3,16-17H,4-6H2. The molecule has 0 unspecified atom stereocenters. The van der Waals surface area contributed by atoms with Gasteiger partial charge in [0.15, 0.2) is 5.75 Å². The van der Waals surface area contributed by atoms with Crippen LogP contribution in [-0.4, -0.2) is 25.2 Å². The number of halogens is 4. The van der Waals surface area contributed by atoms with Gasteiger partial charge in [0, 0.05) is 5.54 Å². The van der Waals surface area contributed by atoms with Crippen molar-refractivity contribution in [2.45, 2.75) is 35.9 Å². The normalized spacial score (nSPS) is 18.0. The third-order valence-corrected chi connectivity index (χ3v) is 4.90. The number of sulfonamides is 1. The van der Waals surface area contributed by atoms with Crippen molar-refractivity contribution < 1.29 is 26.7 Å². The number of alkyl halides is 3. The number of aromatic hydroxyl groups is 1. The summed E-state index contributed by atoms with van der Waals surface area (Å²) in [5.41, 5.74) is -1.51. The molecule has 9 heteroatoms. The van der Waals surface area contributed by atoms with Gasteiger partial charge in [-0.1, -0.05) is 17.7 Å². The van der Waals surface area contributed by atoms with Gasteiger partial charge in [0.25, 0.3) is 0 Å². The zero-order chi connectivity index (χ0) is 15.2. The van der Waals surface area contributed by atoms with Crippen molar-refractivity contribution in [1.29, 1.82) is 0 Å². The maximum atomic E-state index is 12.4. The second kappa shape index (κ2) is 4.78. The SMILES string of the molecule is O=S(=O)(NC1(CC(F)(F)F)CC1)c1cccc(Cl)c1O. The predicted octanol–water partition coefficient (Wildman–Crippen LogP) is 2.81. The van der Waals surface area contributed by atoms with Crippen LogP contribution in [0, 0.1) is 0 Å². The molecule has 0 heterocycles. The van der Waals surface area contributed by atoms with Gasteiger partial charge in [0.1, 0.15) is 4.90 Å². The van der Waals surface area contributed by atoms with E-state index < -0.39 is 38.8 Å². The van der Waals surface area contributed by atoms with E-state index in [2.05, 4.69) is 0 Å². The maximum Gasteiger partial charge on any atom is 0.390 e. The first-order chi connectivity index (χ1) is 9.05. The molecule has 112 valence electrons. The van der Waals surface area contributed by atoms with Crippen molar-refractivity contribution >= 4 is 21.6 Å². The molecule has 2 rings (SSSR count). The number of hydrogen-bond donors (Lipinski definition) is 2. The minimum absolute atomic E-state index is 0.104. The van der Waals surface area contributed by atoms with Crippen LogP contribution in [0.5, 0.6) is 5.75 Å². The lowest BCUT2D eigenvalue weighted by Gasteiger charge is -2.19. The van der Waals surface area contributed by atoms with Crippen molar-refractivity contribution in [3.63, 3.8) is 0 Å². The Bertz CT molecular complexity index is 626. The molecule has 1 saturated carbocycles. The average Bonchev–Trinajstić information content (AvgIpc) is 2.97. The summed E-state index contributed by atoms with van der Waals surface area (Å²) < 4.78 is 63.3. The molecule has 0 aliphatic heterocycles. The Balaban J connectivity index is 2.27. The van der Waals surface area contributed by atoms with Crippen LogP contribution in [0.2, 0.25) is 5.02 Å². The lowest BCUT2D eigenvalue weighted by molar-refractivity contribution is -0.141. The van der Waals surface area contributed by atoms with Crippen molar-refractivity contribution in [3.05, 3.63) is 23.2 Å². The van der Waals surface area contributed by atoms with Gasteiger partial charge in [-0.2, -0.15) is 13.2 Å². The topological polar surface area (TPSA) is 66.4 Å². The Morgan fingerprint density at radius 1 is 1.35 bits per heavy atom. The summed E-state index contributed by atoms with van der Waals surface area (Å²) in [6, 6.07) is 3.64. The molecular formula is C11H11ClF3NO3S. The highest BCUT2D eigenvalue weighted by molar-refractivity contribution is 7.89. The molecule has 0 bridgehead atoms. The van der Waals surface area contributed by atoms with E-state index in [1.165, 1.54) is 12.1 Å². The van der Waals surface area contributed by atoms with Crippen molar-refractivity contribution in [2.75, 3.05) is 0 Å². The quantitative estimate of drug-likeness (QED) is 0.892. The Morgan fingerprint density at radius 2 is 1.95 bits per heavy atom. The minimum Gasteiger partial charge on any atom is -0.505 e. The van der Waals surface area contributed by atoms with E-state index in [1.807, 2.05) is 4.72 Å². The lowest BCUT2D eigenvalue weighted by Crippen LogP contribution is -2.40. The van der Waals surface area contributed by atoms with Crippen LogP contribution < -0.4 is 4.72 Å². The number of hydrogen-bond acceptors (Lipinski definition) is 3. The lowest BCUT2D eigenvalue weighted by atomic mass is 10.2. The molecule has 1 aromatic rings. The van der Waals surface area contributed by atoms with Crippen molar-refractivity contribution in [3.8, 4) is 5.75 Å². The molecule has 0 amide bonds. The van der Waals surface area contributed by atoms with E-state index in [-0.39, 0.29) is 17.9 Å². The molecule has 0 saturated heterocycles. The van der Waals surface area contributed by atoms with E-state index in [1.54, 1.807) is 0 Å². The van der Waals surface area contributed by atoms with Crippen LogP contribution in [0.4, 0.5) is 13.2 Å². The van der Waals surface area contributed by atoms with Crippen LogP contribution in [0.1, 0.15) is 19.3 Å². The maximum absolute atomic E-state index is 12.4. The van der Waals surface area contributed by atoms with Gasteiger partial charge in [0.05, 0.1) is 11.4 Å². The average molecular weight is 330 g/mol. The van der Waals surface area contributed by atoms with E-state index >= 15 is 0 Å². The second-order valence-electron chi connectivity index (χ2n) is 4.76. The highest BCUT2D eigenvalue weighted by atomic mass is 35.5. The first kappa shape index (κ1) is 15.4. The Morgan fingerprint density at radius 3 is 2.45 bits per heavy atom. The fourth-order valence-corrected chi connectivity index (χ4v) is 3.71. The molecule has 1 aliphatic rings. The van der Waals surface area contributed by atoms with Crippen LogP contribution in [-0.2, 0) is 10.0 Å². The molecule has 0 atom stereocenters. The summed E-state index contributed by atoms with van der Waals surface area (Å²) in [5, 5.41) is 9.42. The zero-order valence-electron chi connectivity index (χ0n) is 10.0. The Hall–Kier alpha value is -0.990. The molecular weight excluding hydrogens is 319 g/mol. The molecule has 1 aliphatic carbocycles. The van der Waals surface area contributed by atoms with Gasteiger partial charge in [-0.05, 0) is 25.0 Å². The fraction of sp³-hybridized carbons (Fsp3) is 0.455. The van der Waals surface area contributed by atoms with E-state index in [9.17, 15) is 26.7 Å². The Labute approximate surface area is 118 Å². The van der Waals surface area contributed by atoms with E-state index in [0.717, 1.165) is 6.07 Å². The molecule has 1 fully saturated rings. The zero-order valence-corrected chi connectivity index (χ0v) is 11.6. The minimum atomic E-state index is -4.46. The molecule has 0 aromatic heterocycles. The third kappa shape index (κ3) is 3.36. The third-order valence-electron chi connectivity index (χ3n) is 2.98. The second-order valence-corrected chi connectivity index (χ2v) is 6.82.